The van der Waals surface area contributed by atoms with Crippen LogP contribution in [0.5, 0.6) is 0 Å². The van der Waals surface area contributed by atoms with Gasteiger partial charge in [0.25, 0.3) is 8.32 Å². The van der Waals surface area contributed by atoms with Crippen LogP contribution in [-0.4, -0.2) is 76.1 Å². The summed E-state index contributed by atoms with van der Waals surface area (Å²) in [6, 6.07) is 21.0. The van der Waals surface area contributed by atoms with E-state index in [9.17, 15) is 5.11 Å². The van der Waals surface area contributed by atoms with Crippen LogP contribution < -0.4 is 10.4 Å². The predicted molar refractivity (Wildman–Crippen MR) is 183 cm³/mol. The van der Waals surface area contributed by atoms with E-state index in [0.29, 0.717) is 23.4 Å². The number of aliphatic hydroxyl groups is 1. The van der Waals surface area contributed by atoms with Gasteiger partial charge in [-0.15, -0.1) is 0 Å². The molecule has 0 amide bonds. The summed E-state index contributed by atoms with van der Waals surface area (Å²) >= 11 is 0. The second kappa shape index (κ2) is 14.8. The lowest BCUT2D eigenvalue weighted by molar-refractivity contribution is -0.0398. The van der Waals surface area contributed by atoms with Crippen molar-refractivity contribution in [1.29, 1.82) is 0 Å². The van der Waals surface area contributed by atoms with Crippen molar-refractivity contribution in [2.24, 2.45) is 4.99 Å². The van der Waals surface area contributed by atoms with Gasteiger partial charge in [0.15, 0.2) is 17.0 Å². The molecule has 2 aromatic heterocycles. The van der Waals surface area contributed by atoms with Crippen molar-refractivity contribution >= 4 is 42.0 Å². The fourth-order valence-corrected chi connectivity index (χ4v) is 10.8. The lowest BCUT2D eigenvalue weighted by atomic mass is 10.2. The highest BCUT2D eigenvalue weighted by Gasteiger charge is 2.51. The monoisotopic (exact) mass is 628 g/mol. The average Bonchev–Trinajstić information content (AvgIpc) is 3.65. The molecule has 0 bridgehead atoms. The topological polar surface area (TPSA) is 97.9 Å². The molecule has 0 aliphatic carbocycles. The number of unbranched alkanes of at least 4 members (excludes halogenated alkanes) is 2. The van der Waals surface area contributed by atoms with Crippen LogP contribution in [0.25, 0.3) is 11.2 Å². The molecule has 0 radical (unpaired) electrons. The Morgan fingerprint density at radius 1 is 0.978 bits per heavy atom. The molecular formula is C35H48N6O3Si. The molecular weight excluding hydrogens is 581 g/mol. The summed E-state index contributed by atoms with van der Waals surface area (Å²) < 4.78 is 15.5. The lowest BCUT2D eigenvalue weighted by Crippen LogP contribution is -2.67. The Bertz CT molecular complexity index is 1480. The fraction of sp³-hybridized carbons (Fsp3) is 0.486. The van der Waals surface area contributed by atoms with E-state index >= 15 is 0 Å². The van der Waals surface area contributed by atoms with Crippen molar-refractivity contribution < 1.29 is 14.3 Å². The van der Waals surface area contributed by atoms with E-state index in [4.69, 9.17) is 14.2 Å². The van der Waals surface area contributed by atoms with Gasteiger partial charge in [-0.3, -0.25) is 4.57 Å². The van der Waals surface area contributed by atoms with Gasteiger partial charge in [-0.2, -0.15) is 0 Å². The van der Waals surface area contributed by atoms with Crippen molar-refractivity contribution in [2.45, 2.75) is 90.2 Å². The Morgan fingerprint density at radius 3 is 2.18 bits per heavy atom. The van der Waals surface area contributed by atoms with Crippen LogP contribution in [0.1, 0.15) is 73.0 Å². The highest BCUT2D eigenvalue weighted by molar-refractivity contribution is 6.99. The van der Waals surface area contributed by atoms with Crippen LogP contribution in [0.4, 0.5) is 5.82 Å². The van der Waals surface area contributed by atoms with E-state index in [1.54, 1.807) is 6.33 Å². The molecule has 3 heterocycles. The van der Waals surface area contributed by atoms with Crippen molar-refractivity contribution in [3.63, 3.8) is 0 Å². The summed E-state index contributed by atoms with van der Waals surface area (Å²) in [4.78, 5) is 20.6. The minimum atomic E-state index is -2.77. The van der Waals surface area contributed by atoms with Crippen LogP contribution in [-0.2, 0) is 9.16 Å². The quantitative estimate of drug-likeness (QED) is 0.110. The van der Waals surface area contributed by atoms with Gasteiger partial charge in [0.1, 0.15) is 18.7 Å². The first-order valence-corrected chi connectivity index (χ1v) is 18.2. The SMILES string of the molecule is CCCCN(/C=N/c1ncnc2c1ncn2[C@H]1C[C@@H](O)[C@@H](CO[Si](c2ccccc2)(c2ccccc2)C(C)(C)C)O1)CCCC. The lowest BCUT2D eigenvalue weighted by Gasteiger charge is -2.43. The summed E-state index contributed by atoms with van der Waals surface area (Å²) in [6.07, 6.45) is 8.40. The number of imidazole rings is 1. The third kappa shape index (κ3) is 7.19. The first kappa shape index (κ1) is 32.9. The molecule has 0 spiro atoms. The zero-order chi connectivity index (χ0) is 31.9. The second-order valence-electron chi connectivity index (χ2n) is 12.9. The smallest absolute Gasteiger partial charge is 0.261 e. The normalized spacial score (nSPS) is 19.1. The Labute approximate surface area is 268 Å². The van der Waals surface area contributed by atoms with Crippen LogP contribution in [0.3, 0.4) is 0 Å². The molecule has 1 saturated heterocycles. The average molecular weight is 629 g/mol. The number of aromatic nitrogens is 4. The van der Waals surface area contributed by atoms with Crippen LogP contribution in [0.2, 0.25) is 5.04 Å². The number of ether oxygens (including phenoxy) is 1. The van der Waals surface area contributed by atoms with Crippen molar-refractivity contribution in [2.75, 3.05) is 19.7 Å². The molecule has 1 N–H and O–H groups in total. The van der Waals surface area contributed by atoms with Gasteiger partial charge < -0.3 is 19.2 Å². The van der Waals surface area contributed by atoms with Crippen LogP contribution >= 0.6 is 0 Å². The summed E-state index contributed by atoms with van der Waals surface area (Å²) in [6.45, 7) is 13.3. The van der Waals surface area contributed by atoms with Crippen LogP contribution in [0.15, 0.2) is 78.3 Å². The van der Waals surface area contributed by atoms with Gasteiger partial charge in [0, 0.05) is 19.5 Å². The molecule has 240 valence electrons. The van der Waals surface area contributed by atoms with Gasteiger partial charge in [0.2, 0.25) is 0 Å². The zero-order valence-corrected chi connectivity index (χ0v) is 28.3. The molecule has 1 aliphatic heterocycles. The Kier molecular flexibility index (Phi) is 10.8. The van der Waals surface area contributed by atoms with E-state index in [-0.39, 0.29) is 11.6 Å². The van der Waals surface area contributed by atoms with E-state index in [2.05, 4.69) is 103 Å². The maximum Gasteiger partial charge on any atom is 0.261 e. The number of aliphatic hydroxyl groups excluding tert-OH is 1. The highest BCUT2D eigenvalue weighted by Crippen LogP contribution is 2.38. The van der Waals surface area contributed by atoms with Gasteiger partial charge >= 0.3 is 0 Å². The number of hydrogen-bond donors (Lipinski definition) is 1. The molecule has 1 fully saturated rings. The molecule has 0 unspecified atom stereocenters. The molecule has 45 heavy (non-hydrogen) atoms. The molecule has 9 nitrogen and oxygen atoms in total. The van der Waals surface area contributed by atoms with Crippen molar-refractivity contribution in [3.8, 4) is 0 Å². The van der Waals surface area contributed by atoms with Gasteiger partial charge in [-0.1, -0.05) is 108 Å². The first-order valence-electron chi connectivity index (χ1n) is 16.3. The number of aliphatic imine (C=N–C) groups is 1. The molecule has 2 aromatic carbocycles. The zero-order valence-electron chi connectivity index (χ0n) is 27.3. The first-order chi connectivity index (χ1) is 21.8. The van der Waals surface area contributed by atoms with E-state index in [0.717, 1.165) is 38.8 Å². The Balaban J connectivity index is 1.36. The maximum absolute atomic E-state index is 11.2. The number of rotatable bonds is 14. The van der Waals surface area contributed by atoms with E-state index in [1.165, 1.54) is 16.7 Å². The summed E-state index contributed by atoms with van der Waals surface area (Å²) in [5, 5.41) is 13.4. The van der Waals surface area contributed by atoms with Gasteiger partial charge in [-0.25, -0.2) is 19.9 Å². The summed E-state index contributed by atoms with van der Waals surface area (Å²) in [5.41, 5.74) is 1.25. The number of nitrogens with zero attached hydrogens (tertiary/aromatic N) is 6. The van der Waals surface area contributed by atoms with Crippen molar-refractivity contribution in [3.05, 3.63) is 73.3 Å². The minimum absolute atomic E-state index is 0.171. The molecule has 5 rings (SSSR count). The van der Waals surface area contributed by atoms with Gasteiger partial charge in [0.05, 0.1) is 25.4 Å². The Hall–Kier alpha value is -3.44. The number of fused-ring (bicyclic) bond motifs is 1. The molecule has 1 aliphatic rings. The van der Waals surface area contributed by atoms with E-state index < -0.39 is 26.8 Å². The second-order valence-corrected chi connectivity index (χ2v) is 17.2. The number of benzene rings is 2. The summed E-state index contributed by atoms with van der Waals surface area (Å²) in [7, 11) is -2.77. The predicted octanol–water partition coefficient (Wildman–Crippen LogP) is 5.61. The largest absolute Gasteiger partial charge is 0.405 e. The highest BCUT2D eigenvalue weighted by atomic mass is 28.4. The third-order valence-electron chi connectivity index (χ3n) is 8.68. The van der Waals surface area contributed by atoms with Gasteiger partial charge in [-0.05, 0) is 28.3 Å². The standard InChI is InChI=1S/C35H48N6O3Si/c1-6-8-20-40(21-9-7-2)25-39-33-32-34(37-24-36-33)41(26-38-32)31-22-29(42)30(44-31)23-43-45(35(3,4)5,27-16-12-10-13-17-27)28-18-14-11-15-19-28/h10-19,24-26,29-31,42H,6-9,20-23H2,1-5H3/b39-25+/t29-,30-,31-/m1/s1. The molecule has 10 heteroatoms. The summed E-state index contributed by atoms with van der Waals surface area (Å²) in [5.74, 6) is 0.529. The fourth-order valence-electron chi connectivity index (χ4n) is 6.24. The number of hydrogen-bond acceptors (Lipinski definition) is 7. The molecule has 4 aromatic rings. The molecule has 3 atom stereocenters. The third-order valence-corrected chi connectivity index (χ3v) is 13.7. The van der Waals surface area contributed by atoms with Crippen LogP contribution in [0, 0.1) is 0 Å². The molecule has 0 saturated carbocycles. The van der Waals surface area contributed by atoms with Crippen molar-refractivity contribution in [1.82, 2.24) is 24.4 Å². The van der Waals surface area contributed by atoms with E-state index in [1.807, 2.05) is 23.0 Å². The minimum Gasteiger partial charge on any atom is -0.405 e. The Morgan fingerprint density at radius 2 is 1.60 bits per heavy atom. The maximum atomic E-state index is 11.2.